The molecule has 0 aromatic rings. The van der Waals surface area contributed by atoms with E-state index in [4.69, 9.17) is 0 Å². The topological polar surface area (TPSA) is 35.5 Å². The summed E-state index contributed by atoms with van der Waals surface area (Å²) in [7, 11) is 0. The molecule has 3 nitrogen and oxygen atoms in total. The third kappa shape index (κ3) is 4.04. The molecule has 2 unspecified atom stereocenters. The Morgan fingerprint density at radius 1 is 1.44 bits per heavy atom. The zero-order valence-corrected chi connectivity index (χ0v) is 11.1. The zero-order valence-electron chi connectivity index (χ0n) is 11.1. The molecule has 0 amide bonds. The minimum absolute atomic E-state index is 0.255. The van der Waals surface area contributed by atoms with Crippen LogP contribution in [0, 0.1) is 5.92 Å². The highest BCUT2D eigenvalue weighted by Crippen LogP contribution is 2.19. The molecular formula is C13H28N2O. The SMILES string of the molecule is CC[C@@H](CO)NC(C)C1CCCN(CC)C1. The fourth-order valence-electron chi connectivity index (χ4n) is 2.59. The molecule has 0 spiro atoms. The summed E-state index contributed by atoms with van der Waals surface area (Å²) in [4.78, 5) is 2.53. The van der Waals surface area contributed by atoms with Crippen molar-refractivity contribution in [1.29, 1.82) is 0 Å². The summed E-state index contributed by atoms with van der Waals surface area (Å²) in [5.74, 6) is 0.745. The monoisotopic (exact) mass is 228 g/mol. The number of nitrogens with one attached hydrogen (secondary N) is 1. The summed E-state index contributed by atoms with van der Waals surface area (Å²) in [5, 5.41) is 12.8. The lowest BCUT2D eigenvalue weighted by molar-refractivity contribution is 0.142. The van der Waals surface area contributed by atoms with Crippen LogP contribution in [0.25, 0.3) is 0 Å². The van der Waals surface area contributed by atoms with Crippen LogP contribution in [-0.4, -0.2) is 48.3 Å². The van der Waals surface area contributed by atoms with Gasteiger partial charge in [-0.15, -0.1) is 0 Å². The molecule has 1 heterocycles. The summed E-state index contributed by atoms with van der Waals surface area (Å²) >= 11 is 0. The van der Waals surface area contributed by atoms with Crippen LogP contribution in [0.4, 0.5) is 0 Å². The number of aliphatic hydroxyl groups is 1. The Morgan fingerprint density at radius 3 is 2.75 bits per heavy atom. The normalized spacial score (nSPS) is 26.6. The molecule has 96 valence electrons. The average molecular weight is 228 g/mol. The predicted octanol–water partition coefficient (Wildman–Crippen LogP) is 1.47. The van der Waals surface area contributed by atoms with Crippen molar-refractivity contribution in [2.45, 2.75) is 52.1 Å². The molecule has 0 aromatic carbocycles. The first-order valence-corrected chi connectivity index (χ1v) is 6.80. The van der Waals surface area contributed by atoms with Gasteiger partial charge in [0.2, 0.25) is 0 Å². The second kappa shape index (κ2) is 7.25. The van der Waals surface area contributed by atoms with Crippen molar-refractivity contribution in [2.24, 2.45) is 5.92 Å². The lowest BCUT2D eigenvalue weighted by Crippen LogP contribution is -2.48. The fraction of sp³-hybridized carbons (Fsp3) is 1.00. The van der Waals surface area contributed by atoms with E-state index < -0.39 is 0 Å². The quantitative estimate of drug-likeness (QED) is 0.722. The van der Waals surface area contributed by atoms with E-state index in [2.05, 4.69) is 31.0 Å². The van der Waals surface area contributed by atoms with Gasteiger partial charge in [0, 0.05) is 18.6 Å². The molecule has 1 rings (SSSR count). The van der Waals surface area contributed by atoms with Gasteiger partial charge in [-0.05, 0) is 45.2 Å². The number of hydrogen-bond acceptors (Lipinski definition) is 3. The van der Waals surface area contributed by atoms with Crippen LogP contribution in [0.2, 0.25) is 0 Å². The summed E-state index contributed by atoms with van der Waals surface area (Å²) in [6.07, 6.45) is 3.65. The zero-order chi connectivity index (χ0) is 12.0. The van der Waals surface area contributed by atoms with E-state index in [1.807, 2.05) is 0 Å². The Bertz CT molecular complexity index is 183. The van der Waals surface area contributed by atoms with E-state index in [-0.39, 0.29) is 12.6 Å². The van der Waals surface area contributed by atoms with Crippen LogP contribution in [-0.2, 0) is 0 Å². The largest absolute Gasteiger partial charge is 0.395 e. The number of rotatable bonds is 6. The van der Waals surface area contributed by atoms with E-state index in [0.717, 1.165) is 12.3 Å². The van der Waals surface area contributed by atoms with Crippen LogP contribution in [0.15, 0.2) is 0 Å². The molecule has 1 fully saturated rings. The van der Waals surface area contributed by atoms with Crippen molar-refractivity contribution < 1.29 is 5.11 Å². The maximum atomic E-state index is 9.20. The molecule has 3 atom stereocenters. The Kier molecular flexibility index (Phi) is 6.32. The van der Waals surface area contributed by atoms with Gasteiger partial charge in [0.25, 0.3) is 0 Å². The third-order valence-corrected chi connectivity index (χ3v) is 3.91. The molecule has 2 N–H and O–H groups in total. The fourth-order valence-corrected chi connectivity index (χ4v) is 2.59. The van der Waals surface area contributed by atoms with Gasteiger partial charge in [-0.2, -0.15) is 0 Å². The van der Waals surface area contributed by atoms with Crippen LogP contribution in [0.5, 0.6) is 0 Å². The number of nitrogens with zero attached hydrogens (tertiary/aromatic N) is 1. The first kappa shape index (κ1) is 13.9. The van der Waals surface area contributed by atoms with Crippen molar-refractivity contribution in [2.75, 3.05) is 26.2 Å². The smallest absolute Gasteiger partial charge is 0.0584 e. The molecule has 0 aromatic heterocycles. The maximum absolute atomic E-state index is 9.20. The first-order chi connectivity index (χ1) is 7.71. The number of aliphatic hydroxyl groups excluding tert-OH is 1. The standard InChI is InChI=1S/C13H28N2O/c1-4-13(10-16)14-11(3)12-7-6-8-15(5-2)9-12/h11-14,16H,4-10H2,1-3H3/t11?,12?,13-/m0/s1. The Balaban J connectivity index is 2.37. The van der Waals surface area contributed by atoms with Crippen LogP contribution in [0.1, 0.15) is 40.0 Å². The Labute approximate surface area is 100 Å². The molecule has 0 saturated carbocycles. The lowest BCUT2D eigenvalue weighted by Gasteiger charge is -2.36. The summed E-state index contributed by atoms with van der Waals surface area (Å²) < 4.78 is 0. The summed E-state index contributed by atoms with van der Waals surface area (Å²) in [6.45, 7) is 10.5. The molecule has 1 aliphatic heterocycles. The third-order valence-electron chi connectivity index (χ3n) is 3.91. The number of hydrogen-bond donors (Lipinski definition) is 2. The van der Waals surface area contributed by atoms with Crippen molar-refractivity contribution in [3.8, 4) is 0 Å². The molecule has 1 saturated heterocycles. The van der Waals surface area contributed by atoms with Gasteiger partial charge in [0.1, 0.15) is 0 Å². The highest BCUT2D eigenvalue weighted by atomic mass is 16.3. The van der Waals surface area contributed by atoms with Gasteiger partial charge in [-0.25, -0.2) is 0 Å². The molecule has 0 bridgehead atoms. The maximum Gasteiger partial charge on any atom is 0.0584 e. The second-order valence-electron chi connectivity index (χ2n) is 5.04. The van der Waals surface area contributed by atoms with Crippen molar-refractivity contribution >= 4 is 0 Å². The molecule has 1 aliphatic rings. The van der Waals surface area contributed by atoms with Gasteiger partial charge in [-0.3, -0.25) is 0 Å². The van der Waals surface area contributed by atoms with E-state index in [1.54, 1.807) is 0 Å². The molecule has 16 heavy (non-hydrogen) atoms. The molecular weight excluding hydrogens is 200 g/mol. The van der Waals surface area contributed by atoms with Crippen molar-refractivity contribution in [1.82, 2.24) is 10.2 Å². The minimum Gasteiger partial charge on any atom is -0.395 e. The van der Waals surface area contributed by atoms with E-state index in [0.29, 0.717) is 6.04 Å². The minimum atomic E-state index is 0.255. The summed E-state index contributed by atoms with van der Waals surface area (Å²) in [5.41, 5.74) is 0. The van der Waals surface area contributed by atoms with Crippen molar-refractivity contribution in [3.05, 3.63) is 0 Å². The number of piperidine rings is 1. The van der Waals surface area contributed by atoms with Crippen LogP contribution in [0.3, 0.4) is 0 Å². The highest BCUT2D eigenvalue weighted by molar-refractivity contribution is 4.82. The highest BCUT2D eigenvalue weighted by Gasteiger charge is 2.24. The van der Waals surface area contributed by atoms with E-state index >= 15 is 0 Å². The van der Waals surface area contributed by atoms with Gasteiger partial charge in [-0.1, -0.05) is 13.8 Å². The van der Waals surface area contributed by atoms with Gasteiger partial charge in [0.05, 0.1) is 6.61 Å². The molecule has 0 aliphatic carbocycles. The Morgan fingerprint density at radius 2 is 2.19 bits per heavy atom. The van der Waals surface area contributed by atoms with E-state index in [1.165, 1.54) is 32.5 Å². The van der Waals surface area contributed by atoms with Crippen LogP contribution >= 0.6 is 0 Å². The van der Waals surface area contributed by atoms with Gasteiger partial charge >= 0.3 is 0 Å². The van der Waals surface area contributed by atoms with Crippen LogP contribution < -0.4 is 5.32 Å². The average Bonchev–Trinajstić information content (AvgIpc) is 2.35. The molecule has 0 radical (unpaired) electrons. The second-order valence-corrected chi connectivity index (χ2v) is 5.04. The van der Waals surface area contributed by atoms with E-state index in [9.17, 15) is 5.11 Å². The first-order valence-electron chi connectivity index (χ1n) is 6.80. The Hall–Kier alpha value is -0.120. The predicted molar refractivity (Wildman–Crippen MR) is 68.6 cm³/mol. The number of likely N-dealkylation sites (tertiary alicyclic amines) is 1. The molecule has 3 heteroatoms. The lowest BCUT2D eigenvalue weighted by atomic mass is 9.91. The summed E-state index contributed by atoms with van der Waals surface area (Å²) in [6, 6.07) is 0.790. The van der Waals surface area contributed by atoms with Gasteiger partial charge in [0.15, 0.2) is 0 Å². The van der Waals surface area contributed by atoms with Crippen molar-refractivity contribution in [3.63, 3.8) is 0 Å². The van der Waals surface area contributed by atoms with Gasteiger partial charge < -0.3 is 15.3 Å².